The van der Waals surface area contributed by atoms with Crippen LogP contribution < -0.4 is 10.6 Å². The second-order valence-corrected chi connectivity index (χ2v) is 5.11. The number of benzene rings is 1. The maximum Gasteiger partial charge on any atom is 0.320 e. The van der Waals surface area contributed by atoms with E-state index in [4.69, 9.17) is 0 Å². The molecule has 0 heterocycles. The van der Waals surface area contributed by atoms with E-state index in [1.807, 2.05) is 0 Å². The molecule has 1 fully saturated rings. The first-order valence-corrected chi connectivity index (χ1v) is 6.92. The van der Waals surface area contributed by atoms with Gasteiger partial charge in [-0.3, -0.25) is 0 Å². The van der Waals surface area contributed by atoms with Gasteiger partial charge in [0.2, 0.25) is 0 Å². The minimum atomic E-state index is -0.462. The zero-order valence-corrected chi connectivity index (χ0v) is 11.2. The molecule has 5 heteroatoms. The lowest BCUT2D eigenvalue weighted by Gasteiger charge is -2.26. The van der Waals surface area contributed by atoms with Gasteiger partial charge < -0.3 is 10.6 Å². The fourth-order valence-electron chi connectivity index (χ4n) is 2.56. The van der Waals surface area contributed by atoms with Gasteiger partial charge in [-0.1, -0.05) is 19.3 Å². The molecule has 0 spiro atoms. The van der Waals surface area contributed by atoms with Crippen molar-refractivity contribution in [1.82, 2.24) is 5.32 Å². The monoisotopic (exact) mass is 275 g/mol. The summed E-state index contributed by atoms with van der Waals surface area (Å²) in [5, 5.41) is 14.5. The number of carbonyl (C=O) groups excluding carboxylic acids is 1. The molecule has 0 aromatic heterocycles. The molecule has 0 saturated heterocycles. The quantitative estimate of drug-likeness (QED) is 0.887. The van der Waals surface area contributed by atoms with E-state index in [0.29, 0.717) is 5.69 Å². The molecule has 1 saturated carbocycles. The number of hydrogen-bond acceptors (Lipinski definition) is 2. The third-order valence-corrected chi connectivity index (χ3v) is 3.65. The van der Waals surface area contributed by atoms with Gasteiger partial charge in [0.1, 0.15) is 11.9 Å². The smallest absolute Gasteiger partial charge is 0.320 e. The number of halogens is 1. The first kappa shape index (κ1) is 14.3. The molecule has 2 amide bonds. The Hall–Kier alpha value is -2.09. The summed E-state index contributed by atoms with van der Waals surface area (Å²) in [5.74, 6) is -0.124. The zero-order valence-electron chi connectivity index (χ0n) is 11.2. The highest BCUT2D eigenvalue weighted by Crippen LogP contribution is 2.26. The van der Waals surface area contributed by atoms with Gasteiger partial charge in [0.05, 0.1) is 6.07 Å². The number of urea groups is 1. The van der Waals surface area contributed by atoms with Gasteiger partial charge in [0, 0.05) is 5.69 Å². The molecule has 4 nitrogen and oxygen atoms in total. The maximum absolute atomic E-state index is 12.8. The summed E-state index contributed by atoms with van der Waals surface area (Å²) >= 11 is 0. The minimum absolute atomic E-state index is 0.229. The van der Waals surface area contributed by atoms with Crippen LogP contribution in [0.1, 0.15) is 32.1 Å². The number of anilines is 1. The summed E-state index contributed by atoms with van der Waals surface area (Å²) < 4.78 is 12.8. The van der Waals surface area contributed by atoms with Crippen LogP contribution in [0.2, 0.25) is 0 Å². The van der Waals surface area contributed by atoms with Gasteiger partial charge in [0.25, 0.3) is 0 Å². The molecule has 1 unspecified atom stereocenters. The fraction of sp³-hybridized carbons (Fsp3) is 0.467. The number of amides is 2. The average Bonchev–Trinajstić information content (AvgIpc) is 2.48. The van der Waals surface area contributed by atoms with Gasteiger partial charge in [-0.25, -0.2) is 9.18 Å². The van der Waals surface area contributed by atoms with Gasteiger partial charge in [-0.2, -0.15) is 5.26 Å². The Morgan fingerprint density at radius 3 is 2.50 bits per heavy atom. The van der Waals surface area contributed by atoms with E-state index in [-0.39, 0.29) is 11.7 Å². The molecule has 0 aliphatic heterocycles. The van der Waals surface area contributed by atoms with Crippen molar-refractivity contribution in [2.45, 2.75) is 38.1 Å². The summed E-state index contributed by atoms with van der Waals surface area (Å²) in [6.45, 7) is 0. The van der Waals surface area contributed by atoms with Crippen molar-refractivity contribution in [3.8, 4) is 6.07 Å². The first-order valence-electron chi connectivity index (χ1n) is 6.92. The molecule has 1 aromatic rings. The molecule has 1 aromatic carbocycles. The molecule has 20 heavy (non-hydrogen) atoms. The summed E-state index contributed by atoms with van der Waals surface area (Å²) in [7, 11) is 0. The normalized spacial score (nSPS) is 17.0. The Morgan fingerprint density at radius 2 is 1.90 bits per heavy atom. The summed E-state index contributed by atoms with van der Waals surface area (Å²) in [4.78, 5) is 11.8. The predicted molar refractivity (Wildman–Crippen MR) is 74.5 cm³/mol. The van der Waals surface area contributed by atoms with E-state index in [9.17, 15) is 14.4 Å². The molecule has 1 aliphatic carbocycles. The van der Waals surface area contributed by atoms with E-state index in [2.05, 4.69) is 16.7 Å². The maximum atomic E-state index is 12.8. The highest BCUT2D eigenvalue weighted by molar-refractivity contribution is 5.89. The van der Waals surface area contributed by atoms with Crippen LogP contribution in [0.4, 0.5) is 14.9 Å². The highest BCUT2D eigenvalue weighted by Gasteiger charge is 2.24. The topological polar surface area (TPSA) is 64.9 Å². The van der Waals surface area contributed by atoms with E-state index in [1.165, 1.54) is 30.7 Å². The second kappa shape index (κ2) is 6.90. The van der Waals surface area contributed by atoms with E-state index in [1.54, 1.807) is 0 Å². The first-order chi connectivity index (χ1) is 9.69. The summed E-state index contributed by atoms with van der Waals surface area (Å²) in [5.41, 5.74) is 0.504. The third-order valence-electron chi connectivity index (χ3n) is 3.65. The Labute approximate surface area is 118 Å². The van der Waals surface area contributed by atoms with Crippen LogP contribution in [0, 0.1) is 23.1 Å². The molecule has 0 radical (unpaired) electrons. The van der Waals surface area contributed by atoms with Crippen LogP contribution in [0.15, 0.2) is 24.3 Å². The van der Waals surface area contributed by atoms with Crippen molar-refractivity contribution < 1.29 is 9.18 Å². The zero-order chi connectivity index (χ0) is 14.4. The van der Waals surface area contributed by atoms with Crippen LogP contribution in [-0.2, 0) is 0 Å². The SMILES string of the molecule is N#CC(NC(=O)Nc1ccc(F)cc1)C1CCCCC1. The van der Waals surface area contributed by atoms with Crippen molar-refractivity contribution in [1.29, 1.82) is 5.26 Å². The minimum Gasteiger partial charge on any atom is -0.322 e. The molecule has 0 bridgehead atoms. The van der Waals surface area contributed by atoms with E-state index < -0.39 is 12.1 Å². The number of nitrogens with one attached hydrogen (secondary N) is 2. The molecule has 1 aliphatic rings. The second-order valence-electron chi connectivity index (χ2n) is 5.11. The van der Waals surface area contributed by atoms with Gasteiger partial charge in [-0.05, 0) is 43.0 Å². The Kier molecular flexibility index (Phi) is 4.94. The lowest BCUT2D eigenvalue weighted by atomic mass is 9.84. The van der Waals surface area contributed by atoms with E-state index in [0.717, 1.165) is 25.7 Å². The molecule has 2 N–H and O–H groups in total. The number of hydrogen-bond donors (Lipinski definition) is 2. The van der Waals surface area contributed by atoms with Crippen LogP contribution in [0.5, 0.6) is 0 Å². The van der Waals surface area contributed by atoms with Crippen molar-refractivity contribution in [3.05, 3.63) is 30.1 Å². The van der Waals surface area contributed by atoms with Gasteiger partial charge in [-0.15, -0.1) is 0 Å². The largest absolute Gasteiger partial charge is 0.322 e. The molecular formula is C15H18FN3O. The molecule has 2 rings (SSSR count). The predicted octanol–water partition coefficient (Wildman–Crippen LogP) is 3.42. The van der Waals surface area contributed by atoms with E-state index >= 15 is 0 Å². The Balaban J connectivity index is 1.89. The molecule has 106 valence electrons. The van der Waals surface area contributed by atoms with Crippen LogP contribution in [0.25, 0.3) is 0 Å². The number of rotatable bonds is 3. The lowest BCUT2D eigenvalue weighted by Crippen LogP contribution is -2.42. The summed E-state index contributed by atoms with van der Waals surface area (Å²) in [6.07, 6.45) is 5.40. The van der Waals surface area contributed by atoms with Gasteiger partial charge in [0.15, 0.2) is 0 Å². The number of nitriles is 1. The standard InChI is InChI=1S/C15H18FN3O/c16-12-6-8-13(9-7-12)18-15(20)19-14(10-17)11-4-2-1-3-5-11/h6-9,11,14H,1-5H2,(H2,18,19,20). The van der Waals surface area contributed by atoms with Crippen LogP contribution in [-0.4, -0.2) is 12.1 Å². The van der Waals surface area contributed by atoms with Crippen molar-refractivity contribution in [2.24, 2.45) is 5.92 Å². The molecular weight excluding hydrogens is 257 g/mol. The van der Waals surface area contributed by atoms with Crippen molar-refractivity contribution >= 4 is 11.7 Å². The highest BCUT2D eigenvalue weighted by atomic mass is 19.1. The van der Waals surface area contributed by atoms with Crippen molar-refractivity contribution in [3.63, 3.8) is 0 Å². The summed E-state index contributed by atoms with van der Waals surface area (Å²) in [6, 6.07) is 6.80. The molecule has 1 atom stereocenters. The third kappa shape index (κ3) is 3.95. The Bertz CT molecular complexity index is 489. The van der Waals surface area contributed by atoms with Gasteiger partial charge >= 0.3 is 6.03 Å². The fourth-order valence-corrected chi connectivity index (χ4v) is 2.56. The number of carbonyl (C=O) groups is 1. The van der Waals surface area contributed by atoms with Crippen LogP contribution in [0.3, 0.4) is 0 Å². The van der Waals surface area contributed by atoms with Crippen molar-refractivity contribution in [2.75, 3.05) is 5.32 Å². The average molecular weight is 275 g/mol. The van der Waals surface area contributed by atoms with Crippen LogP contribution >= 0.6 is 0 Å². The lowest BCUT2D eigenvalue weighted by molar-refractivity contribution is 0.241. The number of nitrogens with zero attached hydrogens (tertiary/aromatic N) is 1. The Morgan fingerprint density at radius 1 is 1.25 bits per heavy atom.